The van der Waals surface area contributed by atoms with E-state index in [-0.39, 0.29) is 6.04 Å². The van der Waals surface area contributed by atoms with Gasteiger partial charge in [0.1, 0.15) is 5.75 Å². The molecule has 0 saturated carbocycles. The van der Waals surface area contributed by atoms with Crippen molar-refractivity contribution in [2.75, 3.05) is 6.61 Å². The molecule has 0 aliphatic carbocycles. The number of nitrogens with zero attached hydrogens (tertiary/aromatic N) is 1. The Kier molecular flexibility index (Phi) is 5.98. The summed E-state index contributed by atoms with van der Waals surface area (Å²) in [5, 5.41) is 0. The molecule has 1 heterocycles. The lowest BCUT2D eigenvalue weighted by molar-refractivity contribution is 0.288. The van der Waals surface area contributed by atoms with Gasteiger partial charge in [0.15, 0.2) is 0 Å². The summed E-state index contributed by atoms with van der Waals surface area (Å²) in [6, 6.07) is 4.18. The van der Waals surface area contributed by atoms with Crippen molar-refractivity contribution in [2.45, 2.75) is 46.1 Å². The van der Waals surface area contributed by atoms with Crippen molar-refractivity contribution in [3.8, 4) is 5.75 Å². The van der Waals surface area contributed by atoms with Crippen LogP contribution in [-0.4, -0.2) is 17.6 Å². The molecule has 3 nitrogen and oxygen atoms in total. The first-order chi connectivity index (χ1) is 8.11. The van der Waals surface area contributed by atoms with E-state index < -0.39 is 0 Å². The summed E-state index contributed by atoms with van der Waals surface area (Å²) in [5.74, 6) is 1.52. The van der Waals surface area contributed by atoms with E-state index in [0.717, 1.165) is 37.3 Å². The summed E-state index contributed by atoms with van der Waals surface area (Å²) >= 11 is 0. The summed E-state index contributed by atoms with van der Waals surface area (Å²) < 4.78 is 5.61. The predicted molar refractivity (Wildman–Crippen MR) is 71.2 cm³/mol. The van der Waals surface area contributed by atoms with E-state index in [0.29, 0.717) is 5.92 Å². The van der Waals surface area contributed by atoms with Crippen molar-refractivity contribution >= 4 is 0 Å². The van der Waals surface area contributed by atoms with Crippen LogP contribution in [0, 0.1) is 5.92 Å². The van der Waals surface area contributed by atoms with Crippen molar-refractivity contribution in [3.63, 3.8) is 0 Å². The van der Waals surface area contributed by atoms with Crippen molar-refractivity contribution < 1.29 is 4.74 Å². The van der Waals surface area contributed by atoms with Crippen LogP contribution in [0.4, 0.5) is 0 Å². The Hall–Kier alpha value is -1.09. The fourth-order valence-corrected chi connectivity index (χ4v) is 1.44. The van der Waals surface area contributed by atoms with Gasteiger partial charge in [-0.25, -0.2) is 0 Å². The van der Waals surface area contributed by atoms with Gasteiger partial charge in [-0.2, -0.15) is 0 Å². The highest BCUT2D eigenvalue weighted by atomic mass is 16.5. The van der Waals surface area contributed by atoms with Crippen LogP contribution in [0.15, 0.2) is 18.3 Å². The van der Waals surface area contributed by atoms with E-state index >= 15 is 0 Å². The van der Waals surface area contributed by atoms with E-state index in [1.54, 1.807) is 6.20 Å². The van der Waals surface area contributed by atoms with Crippen LogP contribution in [0.1, 0.15) is 39.3 Å². The molecule has 0 spiro atoms. The lowest BCUT2D eigenvalue weighted by Crippen LogP contribution is -2.21. The monoisotopic (exact) mass is 236 g/mol. The standard InChI is InChI=1S/C14H24N2O/c1-4-12(15)9-13-5-6-14(10-16-13)17-8-7-11(2)3/h5-6,10-12H,4,7-9,15H2,1-3H3. The molecule has 0 aliphatic heterocycles. The van der Waals surface area contributed by atoms with Gasteiger partial charge < -0.3 is 10.5 Å². The Morgan fingerprint density at radius 1 is 1.35 bits per heavy atom. The summed E-state index contributed by atoms with van der Waals surface area (Å²) in [4.78, 5) is 4.36. The van der Waals surface area contributed by atoms with E-state index in [9.17, 15) is 0 Å². The second kappa shape index (κ2) is 7.28. The molecule has 1 atom stereocenters. The van der Waals surface area contributed by atoms with E-state index in [4.69, 9.17) is 10.5 Å². The molecule has 96 valence electrons. The Bertz CT molecular complexity index is 309. The maximum absolute atomic E-state index is 5.89. The molecular formula is C14H24N2O. The Morgan fingerprint density at radius 3 is 2.65 bits per heavy atom. The lowest BCUT2D eigenvalue weighted by atomic mass is 10.1. The summed E-state index contributed by atoms with van der Waals surface area (Å²) in [6.45, 7) is 7.23. The Balaban J connectivity index is 2.39. The molecule has 0 amide bonds. The smallest absolute Gasteiger partial charge is 0.137 e. The second-order valence-electron chi connectivity index (χ2n) is 4.89. The summed E-state index contributed by atoms with van der Waals surface area (Å²) in [5.41, 5.74) is 6.92. The van der Waals surface area contributed by atoms with Crippen molar-refractivity contribution in [1.29, 1.82) is 0 Å². The minimum atomic E-state index is 0.204. The molecule has 0 bridgehead atoms. The van der Waals surface area contributed by atoms with Crippen LogP contribution in [0.3, 0.4) is 0 Å². The second-order valence-corrected chi connectivity index (χ2v) is 4.89. The Labute approximate surface area is 104 Å². The number of nitrogens with two attached hydrogens (primary N) is 1. The number of hydrogen-bond acceptors (Lipinski definition) is 3. The minimum Gasteiger partial charge on any atom is -0.492 e. The topological polar surface area (TPSA) is 48.1 Å². The highest BCUT2D eigenvalue weighted by Gasteiger charge is 2.03. The molecule has 0 fully saturated rings. The molecule has 1 aromatic heterocycles. The maximum Gasteiger partial charge on any atom is 0.137 e. The predicted octanol–water partition coefficient (Wildman–Crippen LogP) is 2.79. The van der Waals surface area contributed by atoms with Crippen LogP contribution in [0.25, 0.3) is 0 Å². The highest BCUT2D eigenvalue weighted by molar-refractivity contribution is 5.20. The van der Waals surface area contributed by atoms with Gasteiger partial charge in [0.2, 0.25) is 0 Å². The zero-order chi connectivity index (χ0) is 12.7. The summed E-state index contributed by atoms with van der Waals surface area (Å²) in [7, 11) is 0. The van der Waals surface area contributed by atoms with Gasteiger partial charge in [0.05, 0.1) is 12.8 Å². The number of hydrogen-bond donors (Lipinski definition) is 1. The first-order valence-electron chi connectivity index (χ1n) is 6.45. The van der Waals surface area contributed by atoms with Gasteiger partial charge in [-0.1, -0.05) is 20.8 Å². The molecule has 2 N–H and O–H groups in total. The van der Waals surface area contributed by atoms with Crippen molar-refractivity contribution in [1.82, 2.24) is 4.98 Å². The summed E-state index contributed by atoms with van der Waals surface area (Å²) in [6.07, 6.45) is 4.68. The third-order valence-electron chi connectivity index (χ3n) is 2.76. The zero-order valence-corrected chi connectivity index (χ0v) is 11.1. The fraction of sp³-hybridized carbons (Fsp3) is 0.643. The SMILES string of the molecule is CCC(N)Cc1ccc(OCCC(C)C)cn1. The van der Waals surface area contributed by atoms with Crippen molar-refractivity contribution in [3.05, 3.63) is 24.0 Å². The average molecular weight is 236 g/mol. The van der Waals surface area contributed by atoms with Gasteiger partial charge >= 0.3 is 0 Å². The van der Waals surface area contributed by atoms with E-state index in [1.807, 2.05) is 12.1 Å². The fourth-order valence-electron chi connectivity index (χ4n) is 1.44. The van der Waals surface area contributed by atoms with Crippen LogP contribution in [-0.2, 0) is 6.42 Å². The van der Waals surface area contributed by atoms with Gasteiger partial charge in [-0.15, -0.1) is 0 Å². The highest BCUT2D eigenvalue weighted by Crippen LogP contribution is 2.12. The lowest BCUT2D eigenvalue weighted by Gasteiger charge is -2.10. The molecule has 0 aromatic carbocycles. The molecule has 1 unspecified atom stereocenters. The van der Waals surface area contributed by atoms with E-state index in [1.165, 1.54) is 0 Å². The first-order valence-corrected chi connectivity index (χ1v) is 6.45. The Morgan fingerprint density at radius 2 is 2.12 bits per heavy atom. The van der Waals surface area contributed by atoms with Gasteiger partial charge in [-0.3, -0.25) is 4.98 Å². The molecule has 3 heteroatoms. The van der Waals surface area contributed by atoms with Crippen LogP contribution < -0.4 is 10.5 Å². The number of aromatic nitrogens is 1. The molecule has 17 heavy (non-hydrogen) atoms. The van der Waals surface area contributed by atoms with Crippen LogP contribution in [0.5, 0.6) is 5.75 Å². The molecule has 0 aliphatic rings. The van der Waals surface area contributed by atoms with Gasteiger partial charge in [-0.05, 0) is 30.9 Å². The van der Waals surface area contributed by atoms with Crippen LogP contribution >= 0.6 is 0 Å². The largest absolute Gasteiger partial charge is 0.492 e. The molecule has 0 saturated heterocycles. The van der Waals surface area contributed by atoms with Gasteiger partial charge in [0.25, 0.3) is 0 Å². The number of rotatable bonds is 7. The molecule has 1 rings (SSSR count). The quantitative estimate of drug-likeness (QED) is 0.792. The zero-order valence-electron chi connectivity index (χ0n) is 11.1. The van der Waals surface area contributed by atoms with Gasteiger partial charge in [0, 0.05) is 18.2 Å². The van der Waals surface area contributed by atoms with Crippen LogP contribution in [0.2, 0.25) is 0 Å². The maximum atomic E-state index is 5.89. The van der Waals surface area contributed by atoms with E-state index in [2.05, 4.69) is 25.8 Å². The normalized spacial score (nSPS) is 12.8. The third-order valence-corrected chi connectivity index (χ3v) is 2.76. The number of pyridine rings is 1. The number of ether oxygens (including phenoxy) is 1. The third kappa shape index (κ3) is 5.68. The molecular weight excluding hydrogens is 212 g/mol. The molecule has 1 aromatic rings. The average Bonchev–Trinajstić information content (AvgIpc) is 2.31. The first kappa shape index (κ1) is 14.0. The minimum absolute atomic E-state index is 0.204. The van der Waals surface area contributed by atoms with Crippen molar-refractivity contribution in [2.24, 2.45) is 11.7 Å². The molecule has 0 radical (unpaired) electrons.